The summed E-state index contributed by atoms with van der Waals surface area (Å²) in [6.45, 7) is 0.162. The molecule has 2 rings (SSSR count). The number of rotatable bonds is 3. The minimum atomic E-state index is -0.914. The molecular formula is C12H14F2N2O. The van der Waals surface area contributed by atoms with Crippen molar-refractivity contribution in [1.29, 1.82) is 0 Å². The van der Waals surface area contributed by atoms with Crippen molar-refractivity contribution >= 4 is 5.91 Å². The number of hydrogen-bond donors (Lipinski definition) is 2. The number of carbonyl (C=O) groups excluding carboxylic acids is 1. The third kappa shape index (κ3) is 2.44. The normalized spacial score (nSPS) is 17.4. The van der Waals surface area contributed by atoms with E-state index in [0.717, 1.165) is 18.6 Å². The van der Waals surface area contributed by atoms with Crippen LogP contribution in [0.2, 0.25) is 0 Å². The second-order valence-electron chi connectivity index (χ2n) is 4.44. The van der Waals surface area contributed by atoms with Crippen LogP contribution < -0.4 is 11.1 Å². The second kappa shape index (κ2) is 4.41. The molecule has 0 aromatic heterocycles. The van der Waals surface area contributed by atoms with E-state index in [0.29, 0.717) is 18.4 Å². The van der Waals surface area contributed by atoms with Crippen LogP contribution in [-0.2, 0) is 11.3 Å². The highest BCUT2D eigenvalue weighted by atomic mass is 19.2. The fourth-order valence-corrected chi connectivity index (χ4v) is 1.79. The van der Waals surface area contributed by atoms with Crippen LogP contribution in [0.3, 0.4) is 0 Å². The van der Waals surface area contributed by atoms with Gasteiger partial charge in [0.05, 0.1) is 5.54 Å². The van der Waals surface area contributed by atoms with Crippen LogP contribution >= 0.6 is 0 Å². The molecule has 5 heteroatoms. The van der Waals surface area contributed by atoms with Crippen molar-refractivity contribution in [3.05, 3.63) is 35.4 Å². The average Bonchev–Trinajstić information content (AvgIpc) is 2.27. The summed E-state index contributed by atoms with van der Waals surface area (Å²) in [7, 11) is 0. The van der Waals surface area contributed by atoms with Crippen molar-refractivity contribution in [3.63, 3.8) is 0 Å². The lowest BCUT2D eigenvalue weighted by atomic mass is 9.77. The van der Waals surface area contributed by atoms with Crippen LogP contribution in [0.4, 0.5) is 8.78 Å². The fraction of sp³-hybridized carbons (Fsp3) is 0.417. The van der Waals surface area contributed by atoms with E-state index < -0.39 is 17.2 Å². The SMILES string of the molecule is NC1(C(=O)NCc2ccc(F)c(F)c2)CCC1. The maximum absolute atomic E-state index is 12.9. The third-order valence-corrected chi connectivity index (χ3v) is 3.14. The molecule has 1 amide bonds. The number of benzene rings is 1. The molecule has 3 N–H and O–H groups in total. The summed E-state index contributed by atoms with van der Waals surface area (Å²) in [5.74, 6) is -2.04. The first-order valence-corrected chi connectivity index (χ1v) is 5.52. The molecule has 1 saturated carbocycles. The van der Waals surface area contributed by atoms with E-state index in [4.69, 9.17) is 5.73 Å². The average molecular weight is 240 g/mol. The van der Waals surface area contributed by atoms with Crippen LogP contribution in [0, 0.1) is 11.6 Å². The molecule has 0 spiro atoms. The summed E-state index contributed by atoms with van der Waals surface area (Å²) in [5, 5.41) is 2.64. The van der Waals surface area contributed by atoms with Gasteiger partial charge in [0, 0.05) is 6.54 Å². The zero-order valence-electron chi connectivity index (χ0n) is 9.30. The quantitative estimate of drug-likeness (QED) is 0.840. The molecule has 92 valence electrons. The molecule has 3 nitrogen and oxygen atoms in total. The molecule has 1 aliphatic rings. The molecule has 0 heterocycles. The number of nitrogens with two attached hydrogens (primary N) is 1. The number of halogens is 2. The summed E-state index contributed by atoms with van der Waals surface area (Å²) < 4.78 is 25.6. The number of nitrogens with one attached hydrogen (secondary N) is 1. The predicted octanol–water partition coefficient (Wildman–Crippen LogP) is 1.46. The van der Waals surface area contributed by atoms with Gasteiger partial charge in [-0.05, 0) is 37.0 Å². The zero-order chi connectivity index (χ0) is 12.5. The van der Waals surface area contributed by atoms with E-state index in [1.807, 2.05) is 0 Å². The molecule has 0 aliphatic heterocycles. The Labute approximate surface area is 98.0 Å². The van der Waals surface area contributed by atoms with Gasteiger partial charge in [-0.25, -0.2) is 8.78 Å². The monoisotopic (exact) mass is 240 g/mol. The van der Waals surface area contributed by atoms with Gasteiger partial charge in [0.1, 0.15) is 0 Å². The molecule has 0 saturated heterocycles. The molecule has 1 aromatic rings. The highest BCUT2D eigenvalue weighted by molar-refractivity contribution is 5.86. The topological polar surface area (TPSA) is 55.1 Å². The van der Waals surface area contributed by atoms with E-state index in [-0.39, 0.29) is 12.5 Å². The second-order valence-corrected chi connectivity index (χ2v) is 4.44. The van der Waals surface area contributed by atoms with E-state index in [9.17, 15) is 13.6 Å². The zero-order valence-corrected chi connectivity index (χ0v) is 9.30. The van der Waals surface area contributed by atoms with Crippen molar-refractivity contribution in [3.8, 4) is 0 Å². The first-order valence-electron chi connectivity index (χ1n) is 5.52. The van der Waals surface area contributed by atoms with Gasteiger partial charge in [-0.15, -0.1) is 0 Å². The Bertz CT molecular complexity index is 444. The first-order chi connectivity index (χ1) is 8.01. The van der Waals surface area contributed by atoms with Gasteiger partial charge in [-0.1, -0.05) is 6.07 Å². The van der Waals surface area contributed by atoms with Crippen molar-refractivity contribution in [2.75, 3.05) is 0 Å². The molecular weight excluding hydrogens is 226 g/mol. The Hall–Kier alpha value is -1.49. The standard InChI is InChI=1S/C12H14F2N2O/c13-9-3-2-8(6-10(9)14)7-16-11(17)12(15)4-1-5-12/h2-3,6H,1,4-5,7,15H2,(H,16,17). The molecule has 17 heavy (non-hydrogen) atoms. The maximum Gasteiger partial charge on any atom is 0.240 e. The van der Waals surface area contributed by atoms with Crippen LogP contribution in [0.1, 0.15) is 24.8 Å². The highest BCUT2D eigenvalue weighted by Gasteiger charge is 2.39. The Kier molecular flexibility index (Phi) is 3.11. The Balaban J connectivity index is 1.93. The Morgan fingerprint density at radius 3 is 2.59 bits per heavy atom. The van der Waals surface area contributed by atoms with Crippen LogP contribution in [0.15, 0.2) is 18.2 Å². The lowest BCUT2D eigenvalue weighted by molar-refractivity contribution is -0.129. The van der Waals surface area contributed by atoms with E-state index in [1.54, 1.807) is 0 Å². The number of carbonyl (C=O) groups is 1. The Morgan fingerprint density at radius 2 is 2.06 bits per heavy atom. The fourth-order valence-electron chi connectivity index (χ4n) is 1.79. The van der Waals surface area contributed by atoms with Gasteiger partial charge in [0.2, 0.25) is 5.91 Å². The third-order valence-electron chi connectivity index (χ3n) is 3.14. The van der Waals surface area contributed by atoms with Crippen LogP contribution in [0.25, 0.3) is 0 Å². The smallest absolute Gasteiger partial charge is 0.240 e. The lowest BCUT2D eigenvalue weighted by Crippen LogP contribution is -2.58. The van der Waals surface area contributed by atoms with Crippen molar-refractivity contribution in [2.45, 2.75) is 31.3 Å². The van der Waals surface area contributed by atoms with Crippen LogP contribution in [0.5, 0.6) is 0 Å². The van der Waals surface area contributed by atoms with Gasteiger partial charge in [0.25, 0.3) is 0 Å². The van der Waals surface area contributed by atoms with Crippen molar-refractivity contribution in [1.82, 2.24) is 5.32 Å². The summed E-state index contributed by atoms with van der Waals surface area (Å²) in [6, 6.07) is 3.54. The largest absolute Gasteiger partial charge is 0.350 e. The lowest BCUT2D eigenvalue weighted by Gasteiger charge is -2.36. The summed E-state index contributed by atoms with van der Waals surface area (Å²) in [6.07, 6.45) is 2.31. The molecule has 0 bridgehead atoms. The van der Waals surface area contributed by atoms with E-state index >= 15 is 0 Å². The minimum absolute atomic E-state index is 0.162. The minimum Gasteiger partial charge on any atom is -0.350 e. The number of amides is 1. The Morgan fingerprint density at radius 1 is 1.35 bits per heavy atom. The molecule has 1 aromatic carbocycles. The van der Waals surface area contributed by atoms with Gasteiger partial charge >= 0.3 is 0 Å². The van der Waals surface area contributed by atoms with Gasteiger partial charge in [-0.3, -0.25) is 4.79 Å². The van der Waals surface area contributed by atoms with E-state index in [1.165, 1.54) is 6.07 Å². The molecule has 0 radical (unpaired) electrons. The summed E-state index contributed by atoms with van der Waals surface area (Å²) >= 11 is 0. The van der Waals surface area contributed by atoms with Crippen molar-refractivity contribution < 1.29 is 13.6 Å². The summed E-state index contributed by atoms with van der Waals surface area (Å²) in [5.41, 5.74) is 5.57. The highest BCUT2D eigenvalue weighted by Crippen LogP contribution is 2.29. The van der Waals surface area contributed by atoms with E-state index in [2.05, 4.69) is 5.32 Å². The van der Waals surface area contributed by atoms with Gasteiger partial charge in [-0.2, -0.15) is 0 Å². The molecule has 1 aliphatic carbocycles. The number of hydrogen-bond acceptors (Lipinski definition) is 2. The molecule has 1 fully saturated rings. The molecule has 0 unspecified atom stereocenters. The predicted molar refractivity (Wildman–Crippen MR) is 59.0 cm³/mol. The van der Waals surface area contributed by atoms with Crippen LogP contribution in [-0.4, -0.2) is 11.4 Å². The maximum atomic E-state index is 12.9. The molecule has 0 atom stereocenters. The van der Waals surface area contributed by atoms with Gasteiger partial charge < -0.3 is 11.1 Å². The van der Waals surface area contributed by atoms with Crippen molar-refractivity contribution in [2.24, 2.45) is 5.73 Å². The summed E-state index contributed by atoms with van der Waals surface area (Å²) in [4.78, 5) is 11.7. The first kappa shape index (κ1) is 12.0. The van der Waals surface area contributed by atoms with Gasteiger partial charge in [0.15, 0.2) is 11.6 Å².